The first-order valence-electron chi connectivity index (χ1n) is 18.8. The van der Waals surface area contributed by atoms with Crippen LogP contribution in [0.1, 0.15) is 115 Å². The van der Waals surface area contributed by atoms with Crippen LogP contribution in [0.3, 0.4) is 0 Å². The van der Waals surface area contributed by atoms with Crippen LogP contribution in [0.25, 0.3) is 0 Å². The van der Waals surface area contributed by atoms with Crippen molar-refractivity contribution in [3.05, 3.63) is 203 Å². The number of pyridine rings is 1. The summed E-state index contributed by atoms with van der Waals surface area (Å²) in [4.78, 5) is 0. The molecule has 1 atom stereocenters. The van der Waals surface area contributed by atoms with Gasteiger partial charge in [-0.05, 0) is 57.7 Å². The Morgan fingerprint density at radius 3 is 1.38 bits per heavy atom. The standard InChI is InChI=1S/C47H49N2.3ClH.Fe/c1-36(49-32-20-9-21-33-49)48-47-43(37-22-10-3-2-4-11-23-37)34-42(45(38-24-12-5-13-25-38)39-26-14-6-15-27-39)35-44(47)46(40-28-16-7-17-29-40)41-30-18-8-19-31-41;;;;/h5-9,12-21,24-37,45-46,48H,2-4,10-11,22-23H2,1H3;3*1H;/q+1;;;;+3/p-3. The number of hydrogen-bond acceptors (Lipinski definition) is 1. The van der Waals surface area contributed by atoms with E-state index in [1.165, 1.54) is 89.6 Å². The summed E-state index contributed by atoms with van der Waals surface area (Å²) in [5.74, 6) is 0.682. The molecule has 0 bridgehead atoms. The van der Waals surface area contributed by atoms with Gasteiger partial charge in [-0.15, -0.1) is 0 Å². The molecule has 1 fully saturated rings. The molecule has 6 heteroatoms. The fourth-order valence-electron chi connectivity index (χ4n) is 8.03. The molecule has 0 radical (unpaired) electrons. The first-order chi connectivity index (χ1) is 26.0. The Balaban J connectivity index is 0.00000114. The minimum absolute atomic E-state index is 0.0670. The van der Waals surface area contributed by atoms with Crippen molar-refractivity contribution in [2.45, 2.75) is 75.8 Å². The van der Waals surface area contributed by atoms with Crippen molar-refractivity contribution in [2.24, 2.45) is 0 Å². The van der Waals surface area contributed by atoms with Gasteiger partial charge in [0, 0.05) is 36.6 Å². The van der Waals surface area contributed by atoms with E-state index in [0.717, 1.165) is 0 Å². The van der Waals surface area contributed by atoms with Gasteiger partial charge in [0.25, 0.3) is 0 Å². The van der Waals surface area contributed by atoms with Crippen LogP contribution in [0.2, 0.25) is 0 Å². The third-order valence-electron chi connectivity index (χ3n) is 10.5. The van der Waals surface area contributed by atoms with E-state index < -0.39 is 11.2 Å². The number of nitrogens with zero attached hydrogens (tertiary/aromatic N) is 1. The molecule has 1 heterocycles. The van der Waals surface area contributed by atoms with Crippen LogP contribution in [0.5, 0.6) is 0 Å². The number of benzene rings is 5. The van der Waals surface area contributed by atoms with Crippen LogP contribution in [-0.2, 0) is 11.2 Å². The number of anilines is 1. The molecule has 1 aliphatic rings. The molecule has 0 saturated heterocycles. The van der Waals surface area contributed by atoms with Crippen molar-refractivity contribution in [1.29, 1.82) is 0 Å². The molecule has 5 aromatic carbocycles. The Bertz CT molecular complexity index is 1850. The average Bonchev–Trinajstić information content (AvgIpc) is 3.18. The second-order valence-corrected chi connectivity index (χ2v) is 19.4. The molecule has 0 amide bonds. The first-order valence-corrected chi connectivity index (χ1v) is 23.3. The van der Waals surface area contributed by atoms with E-state index in [2.05, 4.69) is 181 Å². The molecule has 1 saturated carbocycles. The van der Waals surface area contributed by atoms with Gasteiger partial charge in [-0.3, -0.25) is 0 Å². The number of aromatic nitrogens is 1. The summed E-state index contributed by atoms with van der Waals surface area (Å²) < 4.78 is 2.29. The summed E-state index contributed by atoms with van der Waals surface area (Å²) in [6.07, 6.45) is 13.5. The van der Waals surface area contributed by atoms with Crippen molar-refractivity contribution in [1.82, 2.24) is 0 Å². The van der Waals surface area contributed by atoms with Gasteiger partial charge in [-0.25, -0.2) is 0 Å². The zero-order valence-electron chi connectivity index (χ0n) is 30.3. The van der Waals surface area contributed by atoms with Crippen LogP contribution < -0.4 is 9.88 Å². The molecule has 2 nitrogen and oxygen atoms in total. The fourth-order valence-corrected chi connectivity index (χ4v) is 8.03. The van der Waals surface area contributed by atoms with Gasteiger partial charge in [-0.1, -0.05) is 172 Å². The van der Waals surface area contributed by atoms with Crippen molar-refractivity contribution < 1.29 is 15.7 Å². The van der Waals surface area contributed by atoms with Gasteiger partial charge in [0.05, 0.1) is 0 Å². The van der Waals surface area contributed by atoms with E-state index >= 15 is 0 Å². The molecule has 0 spiro atoms. The summed E-state index contributed by atoms with van der Waals surface area (Å²) >= 11 is -1.33. The monoisotopic (exact) mass is 802 g/mol. The van der Waals surface area contributed by atoms with Crippen LogP contribution in [-0.4, -0.2) is 0 Å². The molecule has 7 rings (SSSR count). The fraction of sp³-hybridized carbons (Fsp3) is 0.255. The van der Waals surface area contributed by atoms with E-state index in [4.69, 9.17) is 30.3 Å². The van der Waals surface area contributed by atoms with Gasteiger partial charge in [0.15, 0.2) is 12.4 Å². The zero-order chi connectivity index (χ0) is 36.8. The number of hydrogen-bond donors (Lipinski definition) is 1. The second-order valence-electron chi connectivity index (χ2n) is 13.9. The molecular weight excluding hydrogens is 755 g/mol. The quantitative estimate of drug-likeness (QED) is 0.0829. The summed E-state index contributed by atoms with van der Waals surface area (Å²) in [7, 11) is 14.7. The van der Waals surface area contributed by atoms with Crippen LogP contribution in [0.15, 0.2) is 164 Å². The van der Waals surface area contributed by atoms with E-state index in [9.17, 15) is 0 Å². The SMILES string of the molecule is CC(Nc1c(C2CCCCCCC2)cc(C(c2ccccc2)c2ccccc2)cc1C(c1ccccc1)c1ccccc1)[n+]1ccccc1.[Cl][Fe]([Cl])[Cl]. The maximum atomic E-state index is 4.89. The summed E-state index contributed by atoms with van der Waals surface area (Å²) in [5.41, 5.74) is 10.8. The average molecular weight is 804 g/mol. The number of rotatable bonds is 10. The van der Waals surface area contributed by atoms with E-state index in [0.29, 0.717) is 5.92 Å². The Hall–Kier alpha value is -3.56. The first kappa shape index (κ1) is 39.1. The Labute approximate surface area is 333 Å². The molecular formula is C47H49Cl3FeN2+. The minimum atomic E-state index is -1.33. The van der Waals surface area contributed by atoms with Crippen LogP contribution in [0, 0.1) is 0 Å². The van der Waals surface area contributed by atoms with Crippen LogP contribution in [0.4, 0.5) is 5.69 Å². The van der Waals surface area contributed by atoms with Gasteiger partial charge < -0.3 is 5.32 Å². The third-order valence-corrected chi connectivity index (χ3v) is 10.5. The molecule has 53 heavy (non-hydrogen) atoms. The second kappa shape index (κ2) is 20.2. The molecule has 1 aliphatic carbocycles. The molecule has 1 aromatic heterocycles. The Morgan fingerprint density at radius 2 is 0.925 bits per heavy atom. The van der Waals surface area contributed by atoms with E-state index in [-0.39, 0.29) is 18.0 Å². The van der Waals surface area contributed by atoms with Gasteiger partial charge in [-0.2, -0.15) is 4.57 Å². The van der Waals surface area contributed by atoms with Crippen molar-refractivity contribution in [2.75, 3.05) is 5.32 Å². The number of nitrogens with one attached hydrogen (secondary N) is 1. The van der Waals surface area contributed by atoms with Crippen molar-refractivity contribution >= 4 is 36.0 Å². The van der Waals surface area contributed by atoms with Crippen molar-refractivity contribution in [3.8, 4) is 0 Å². The van der Waals surface area contributed by atoms with E-state index in [1.807, 2.05) is 0 Å². The predicted molar refractivity (Wildman–Crippen MR) is 222 cm³/mol. The van der Waals surface area contributed by atoms with Crippen molar-refractivity contribution in [3.63, 3.8) is 0 Å². The normalized spacial score (nSPS) is 14.4. The summed E-state index contributed by atoms with van der Waals surface area (Å²) in [5, 5.41) is 4.16. The molecule has 275 valence electrons. The van der Waals surface area contributed by atoms with Gasteiger partial charge in [0.2, 0.25) is 6.17 Å². The summed E-state index contributed by atoms with van der Waals surface area (Å²) in [6, 6.07) is 56.0. The maximum absolute atomic E-state index is 4.89. The van der Waals surface area contributed by atoms with Crippen LogP contribution >= 0.6 is 30.3 Å². The zero-order valence-corrected chi connectivity index (χ0v) is 33.7. The van der Waals surface area contributed by atoms with E-state index in [1.54, 1.807) is 0 Å². The Kier molecular flexibility index (Phi) is 14.9. The summed E-state index contributed by atoms with van der Waals surface area (Å²) in [6.45, 7) is 2.29. The molecule has 6 aromatic rings. The van der Waals surface area contributed by atoms with Gasteiger partial charge >= 0.3 is 41.5 Å². The Morgan fingerprint density at radius 1 is 0.528 bits per heavy atom. The predicted octanol–water partition coefficient (Wildman–Crippen LogP) is 13.9. The third kappa shape index (κ3) is 10.8. The molecule has 1 unspecified atom stereocenters. The number of halogens is 3. The molecule has 1 N–H and O–H groups in total. The topological polar surface area (TPSA) is 15.9 Å². The van der Waals surface area contributed by atoms with Gasteiger partial charge in [0.1, 0.15) is 0 Å². The molecule has 0 aliphatic heterocycles.